The molecule has 37 heavy (non-hydrogen) atoms. The third-order valence-electron chi connectivity index (χ3n) is 5.66. The Morgan fingerprint density at radius 1 is 0.892 bits per heavy atom. The van der Waals surface area contributed by atoms with E-state index in [1.54, 1.807) is 41.1 Å². The van der Waals surface area contributed by atoms with Crippen molar-refractivity contribution in [2.24, 2.45) is 0 Å². The number of rotatable bonds is 6. The van der Waals surface area contributed by atoms with Crippen molar-refractivity contribution in [2.45, 2.75) is 19.6 Å². The molecule has 0 aliphatic carbocycles. The Morgan fingerprint density at radius 2 is 1.68 bits per heavy atom. The van der Waals surface area contributed by atoms with Crippen LogP contribution in [-0.2, 0) is 12.7 Å². The molecule has 3 aromatic heterocycles. The Hall–Kier alpha value is -4.73. The van der Waals surface area contributed by atoms with E-state index in [1.165, 1.54) is 12.4 Å². The van der Waals surface area contributed by atoms with Crippen molar-refractivity contribution < 1.29 is 13.2 Å². The van der Waals surface area contributed by atoms with E-state index >= 15 is 0 Å². The lowest BCUT2D eigenvalue weighted by Gasteiger charge is -2.15. The van der Waals surface area contributed by atoms with Crippen LogP contribution < -0.4 is 10.9 Å². The average molecular weight is 503 g/mol. The molecular weight excluding hydrogens is 481 g/mol. The first-order chi connectivity index (χ1) is 17.8. The number of benzene rings is 2. The summed E-state index contributed by atoms with van der Waals surface area (Å²) in [4.78, 5) is 24.8. The second-order valence-corrected chi connectivity index (χ2v) is 8.14. The first-order valence-corrected chi connectivity index (χ1v) is 11.5. The molecule has 0 fully saturated rings. The summed E-state index contributed by atoms with van der Waals surface area (Å²) in [7, 11) is 0. The van der Waals surface area contributed by atoms with E-state index < -0.39 is 11.9 Å². The molecule has 0 radical (unpaired) electrons. The van der Waals surface area contributed by atoms with Crippen LogP contribution in [-0.4, -0.2) is 24.3 Å². The Bertz CT molecular complexity index is 1590. The molecule has 2 aromatic carbocycles. The van der Waals surface area contributed by atoms with Gasteiger partial charge in [0.2, 0.25) is 0 Å². The fraction of sp³-hybridized carbons (Fsp3) is 0.111. The second-order valence-electron chi connectivity index (χ2n) is 8.14. The molecule has 0 saturated carbocycles. The molecule has 0 aliphatic rings. The third kappa shape index (κ3) is 4.99. The molecule has 5 rings (SSSR count). The van der Waals surface area contributed by atoms with Crippen LogP contribution in [0.1, 0.15) is 12.6 Å². The zero-order valence-electron chi connectivity index (χ0n) is 19.6. The number of pyridine rings is 1. The van der Waals surface area contributed by atoms with E-state index in [-0.39, 0.29) is 17.2 Å². The van der Waals surface area contributed by atoms with Crippen LogP contribution in [0.5, 0.6) is 0 Å². The molecule has 0 spiro atoms. The summed E-state index contributed by atoms with van der Waals surface area (Å²) in [6, 6.07) is 22.0. The van der Waals surface area contributed by atoms with Crippen molar-refractivity contribution in [1.82, 2.24) is 24.3 Å². The minimum Gasteiger partial charge on any atom is -0.340 e. The van der Waals surface area contributed by atoms with Crippen LogP contribution in [0.15, 0.2) is 96.1 Å². The van der Waals surface area contributed by atoms with Gasteiger partial charge in [-0.25, -0.2) is 14.6 Å². The van der Waals surface area contributed by atoms with Crippen molar-refractivity contribution >= 4 is 11.5 Å². The monoisotopic (exact) mass is 502 g/mol. The molecule has 0 aliphatic heterocycles. The minimum absolute atomic E-state index is 0.0203. The number of hydrogen-bond donors (Lipinski definition) is 1. The number of aromatic nitrogens is 5. The zero-order chi connectivity index (χ0) is 26.0. The molecule has 5 aromatic rings. The van der Waals surface area contributed by atoms with Crippen molar-refractivity contribution in [2.75, 3.05) is 5.32 Å². The van der Waals surface area contributed by atoms with Crippen LogP contribution in [0, 0.1) is 0 Å². The minimum atomic E-state index is -4.66. The quantitative estimate of drug-likeness (QED) is 0.311. The largest absolute Gasteiger partial charge is 0.433 e. The highest BCUT2D eigenvalue weighted by molar-refractivity contribution is 5.69. The van der Waals surface area contributed by atoms with Gasteiger partial charge in [0, 0.05) is 47.9 Å². The number of alkyl halides is 3. The average Bonchev–Trinajstić information content (AvgIpc) is 3.25. The number of hydrogen-bond acceptors (Lipinski definition) is 5. The zero-order valence-corrected chi connectivity index (χ0v) is 19.6. The highest BCUT2D eigenvalue weighted by atomic mass is 19.4. The molecule has 7 nitrogen and oxygen atoms in total. The fourth-order valence-corrected chi connectivity index (χ4v) is 4.04. The van der Waals surface area contributed by atoms with Gasteiger partial charge >= 0.3 is 6.18 Å². The van der Waals surface area contributed by atoms with Gasteiger partial charge in [0.1, 0.15) is 5.82 Å². The summed E-state index contributed by atoms with van der Waals surface area (Å²) < 4.78 is 44.2. The molecule has 0 amide bonds. The first-order valence-electron chi connectivity index (χ1n) is 11.5. The molecular formula is C27H21F3N6O. The Kier molecular flexibility index (Phi) is 6.31. The van der Waals surface area contributed by atoms with Gasteiger partial charge in [0.05, 0.1) is 11.4 Å². The molecule has 0 bridgehead atoms. The van der Waals surface area contributed by atoms with Gasteiger partial charge in [-0.05, 0) is 43.3 Å². The predicted molar refractivity (Wildman–Crippen MR) is 135 cm³/mol. The van der Waals surface area contributed by atoms with E-state index in [0.717, 1.165) is 17.3 Å². The van der Waals surface area contributed by atoms with Gasteiger partial charge in [-0.2, -0.15) is 13.2 Å². The predicted octanol–water partition coefficient (Wildman–Crippen LogP) is 5.94. The van der Waals surface area contributed by atoms with Crippen LogP contribution in [0.25, 0.3) is 28.3 Å². The molecule has 10 heteroatoms. The Balaban J connectivity index is 1.54. The molecule has 0 unspecified atom stereocenters. The Morgan fingerprint density at radius 3 is 2.38 bits per heavy atom. The summed E-state index contributed by atoms with van der Waals surface area (Å²) in [5.74, 6) is -0.116. The highest BCUT2D eigenvalue weighted by Crippen LogP contribution is 2.32. The summed E-state index contributed by atoms with van der Waals surface area (Å²) in [6.07, 6.45) is -1.74. The standard InChI is InChI=1S/C27H21F3N6O/c1-2-35-22(15-25(37)36(35)21-11-4-3-5-12-21)18-8-6-10-20(14-18)32-24-16-23(27(28,29)30)33-26(34-24)19-9-7-13-31-17-19/h3-17H,2H2,1H3,(H,32,33,34). The molecule has 1 N–H and O–H groups in total. The molecule has 186 valence electrons. The van der Waals surface area contributed by atoms with E-state index in [2.05, 4.69) is 20.3 Å². The van der Waals surface area contributed by atoms with Gasteiger partial charge in [-0.15, -0.1) is 0 Å². The summed E-state index contributed by atoms with van der Waals surface area (Å²) in [6.45, 7) is 2.46. The van der Waals surface area contributed by atoms with E-state index in [4.69, 9.17) is 0 Å². The lowest BCUT2D eigenvalue weighted by molar-refractivity contribution is -0.141. The summed E-state index contributed by atoms with van der Waals surface area (Å²) in [5, 5.41) is 2.96. The highest BCUT2D eigenvalue weighted by Gasteiger charge is 2.34. The smallest absolute Gasteiger partial charge is 0.340 e. The lowest BCUT2D eigenvalue weighted by Crippen LogP contribution is -2.20. The summed E-state index contributed by atoms with van der Waals surface area (Å²) in [5.41, 5.74) is 1.74. The van der Waals surface area contributed by atoms with Crippen molar-refractivity contribution in [3.05, 3.63) is 107 Å². The Labute approximate surface area is 209 Å². The first kappa shape index (κ1) is 24.0. The molecule has 0 atom stereocenters. The van der Waals surface area contributed by atoms with Crippen molar-refractivity contribution in [3.63, 3.8) is 0 Å². The van der Waals surface area contributed by atoms with Crippen molar-refractivity contribution in [3.8, 4) is 28.3 Å². The maximum Gasteiger partial charge on any atom is 0.433 e. The second kappa shape index (κ2) is 9.73. The topological polar surface area (TPSA) is 77.6 Å². The van der Waals surface area contributed by atoms with Gasteiger partial charge in [0.15, 0.2) is 11.5 Å². The van der Waals surface area contributed by atoms with E-state index in [9.17, 15) is 18.0 Å². The number of nitrogens with one attached hydrogen (secondary N) is 1. The number of halogens is 3. The number of anilines is 2. The lowest BCUT2D eigenvalue weighted by atomic mass is 10.1. The van der Waals surface area contributed by atoms with Gasteiger partial charge < -0.3 is 5.32 Å². The van der Waals surface area contributed by atoms with Crippen LogP contribution in [0.3, 0.4) is 0 Å². The van der Waals surface area contributed by atoms with Gasteiger partial charge in [-0.1, -0.05) is 30.3 Å². The fourth-order valence-electron chi connectivity index (χ4n) is 4.04. The van der Waals surface area contributed by atoms with E-state index in [0.29, 0.717) is 23.5 Å². The normalized spacial score (nSPS) is 11.5. The van der Waals surface area contributed by atoms with Crippen LogP contribution in [0.2, 0.25) is 0 Å². The number of para-hydroxylation sites is 1. The van der Waals surface area contributed by atoms with E-state index in [1.807, 2.05) is 48.0 Å². The van der Waals surface area contributed by atoms with Crippen molar-refractivity contribution in [1.29, 1.82) is 0 Å². The van der Waals surface area contributed by atoms with Gasteiger partial charge in [0.25, 0.3) is 5.56 Å². The van der Waals surface area contributed by atoms with Crippen LogP contribution in [0.4, 0.5) is 24.7 Å². The summed E-state index contributed by atoms with van der Waals surface area (Å²) >= 11 is 0. The molecule has 3 heterocycles. The maximum atomic E-state index is 13.6. The van der Waals surface area contributed by atoms with Gasteiger partial charge in [-0.3, -0.25) is 14.5 Å². The maximum absolute atomic E-state index is 13.6. The SMILES string of the molecule is CCn1c(-c2cccc(Nc3cc(C(F)(F)F)nc(-c4cccnc4)n3)c2)cc(=O)n1-c1ccccc1. The molecule has 0 saturated heterocycles. The number of nitrogens with zero attached hydrogens (tertiary/aromatic N) is 5. The van der Waals surface area contributed by atoms with Crippen LogP contribution >= 0.6 is 0 Å². The third-order valence-corrected chi connectivity index (χ3v) is 5.66.